The van der Waals surface area contributed by atoms with Crippen LogP contribution in [-0.2, 0) is 0 Å². The van der Waals surface area contributed by atoms with Crippen LogP contribution in [0.25, 0.3) is 0 Å². The SMILES string of the molecule is Cc1ccccc1C1=NC2CCC(N)CC2S1. The van der Waals surface area contributed by atoms with Gasteiger partial charge in [0.2, 0.25) is 0 Å². The Bertz CT molecular complexity index is 455. The third-order valence-electron chi connectivity index (χ3n) is 3.72. The van der Waals surface area contributed by atoms with Crippen molar-refractivity contribution in [3.63, 3.8) is 0 Å². The molecule has 1 heterocycles. The van der Waals surface area contributed by atoms with Crippen LogP contribution in [0.15, 0.2) is 29.3 Å². The molecule has 3 atom stereocenters. The first-order chi connectivity index (χ1) is 8.24. The maximum Gasteiger partial charge on any atom is 0.0986 e. The molecule has 1 aromatic rings. The highest BCUT2D eigenvalue weighted by atomic mass is 32.2. The Morgan fingerprint density at radius 1 is 1.29 bits per heavy atom. The lowest BCUT2D eigenvalue weighted by Gasteiger charge is -2.27. The van der Waals surface area contributed by atoms with Gasteiger partial charge in [-0.25, -0.2) is 0 Å². The zero-order chi connectivity index (χ0) is 11.8. The lowest BCUT2D eigenvalue weighted by atomic mass is 9.92. The molecule has 17 heavy (non-hydrogen) atoms. The summed E-state index contributed by atoms with van der Waals surface area (Å²) < 4.78 is 0. The first-order valence-corrected chi connectivity index (χ1v) is 7.18. The van der Waals surface area contributed by atoms with E-state index in [1.807, 2.05) is 11.8 Å². The summed E-state index contributed by atoms with van der Waals surface area (Å²) in [6.07, 6.45) is 3.41. The number of nitrogens with zero attached hydrogens (tertiary/aromatic N) is 1. The number of hydrogen-bond acceptors (Lipinski definition) is 3. The molecular weight excluding hydrogens is 228 g/mol. The van der Waals surface area contributed by atoms with Crippen LogP contribution in [0.4, 0.5) is 0 Å². The molecule has 1 saturated carbocycles. The van der Waals surface area contributed by atoms with Crippen molar-refractivity contribution >= 4 is 16.8 Å². The van der Waals surface area contributed by atoms with Crippen LogP contribution in [0.2, 0.25) is 0 Å². The van der Waals surface area contributed by atoms with Gasteiger partial charge in [0.25, 0.3) is 0 Å². The van der Waals surface area contributed by atoms with E-state index >= 15 is 0 Å². The third-order valence-corrected chi connectivity index (χ3v) is 5.08. The molecule has 1 fully saturated rings. The molecule has 0 bridgehead atoms. The van der Waals surface area contributed by atoms with Crippen LogP contribution in [-0.4, -0.2) is 22.4 Å². The first-order valence-electron chi connectivity index (χ1n) is 6.30. The van der Waals surface area contributed by atoms with E-state index in [4.69, 9.17) is 10.7 Å². The maximum absolute atomic E-state index is 6.04. The first kappa shape index (κ1) is 11.3. The topological polar surface area (TPSA) is 38.4 Å². The number of benzene rings is 1. The number of rotatable bonds is 1. The summed E-state index contributed by atoms with van der Waals surface area (Å²) >= 11 is 1.94. The fourth-order valence-electron chi connectivity index (χ4n) is 2.69. The van der Waals surface area contributed by atoms with Gasteiger partial charge in [-0.3, -0.25) is 4.99 Å². The molecule has 0 radical (unpaired) electrons. The lowest BCUT2D eigenvalue weighted by molar-refractivity contribution is 0.412. The van der Waals surface area contributed by atoms with Crippen molar-refractivity contribution in [3.8, 4) is 0 Å². The molecule has 1 aliphatic carbocycles. The van der Waals surface area contributed by atoms with E-state index in [1.165, 1.54) is 16.2 Å². The minimum Gasteiger partial charge on any atom is -0.328 e. The zero-order valence-corrected chi connectivity index (χ0v) is 10.9. The van der Waals surface area contributed by atoms with Crippen molar-refractivity contribution in [3.05, 3.63) is 35.4 Å². The van der Waals surface area contributed by atoms with Crippen LogP contribution < -0.4 is 5.73 Å². The maximum atomic E-state index is 6.04. The molecule has 0 amide bonds. The molecule has 90 valence electrons. The smallest absolute Gasteiger partial charge is 0.0986 e. The van der Waals surface area contributed by atoms with Gasteiger partial charge in [0.05, 0.1) is 11.1 Å². The molecule has 1 aliphatic heterocycles. The Hall–Kier alpha value is -0.800. The van der Waals surface area contributed by atoms with Crippen LogP contribution in [0.5, 0.6) is 0 Å². The van der Waals surface area contributed by atoms with Gasteiger partial charge in [-0.1, -0.05) is 24.3 Å². The van der Waals surface area contributed by atoms with Crippen LogP contribution in [0, 0.1) is 6.92 Å². The van der Waals surface area contributed by atoms with Gasteiger partial charge < -0.3 is 5.73 Å². The standard InChI is InChI=1S/C14H18N2S/c1-9-4-2-3-5-11(9)14-16-12-7-6-10(15)8-13(12)17-14/h2-5,10,12-13H,6-8,15H2,1H3. The molecule has 2 N–H and O–H groups in total. The minimum atomic E-state index is 0.384. The zero-order valence-electron chi connectivity index (χ0n) is 10.1. The van der Waals surface area contributed by atoms with Crippen molar-refractivity contribution in [2.75, 3.05) is 0 Å². The number of nitrogens with two attached hydrogens (primary N) is 1. The average molecular weight is 246 g/mol. The van der Waals surface area contributed by atoms with Gasteiger partial charge in [0, 0.05) is 16.9 Å². The summed E-state index contributed by atoms with van der Waals surface area (Å²) in [5, 5.41) is 1.85. The van der Waals surface area contributed by atoms with E-state index in [-0.39, 0.29) is 0 Å². The van der Waals surface area contributed by atoms with Gasteiger partial charge in [-0.2, -0.15) is 0 Å². The molecule has 0 aromatic heterocycles. The number of fused-ring (bicyclic) bond motifs is 1. The molecule has 3 unspecified atom stereocenters. The second-order valence-corrected chi connectivity index (χ2v) is 6.27. The molecule has 3 rings (SSSR count). The highest BCUT2D eigenvalue weighted by Crippen LogP contribution is 2.39. The van der Waals surface area contributed by atoms with E-state index < -0.39 is 0 Å². The fraction of sp³-hybridized carbons (Fsp3) is 0.500. The lowest BCUT2D eigenvalue weighted by Crippen LogP contribution is -2.35. The van der Waals surface area contributed by atoms with Crippen LogP contribution in [0.3, 0.4) is 0 Å². The number of hydrogen-bond donors (Lipinski definition) is 1. The van der Waals surface area contributed by atoms with Crippen molar-refractivity contribution in [1.82, 2.24) is 0 Å². The van der Waals surface area contributed by atoms with E-state index in [1.54, 1.807) is 0 Å². The summed E-state index contributed by atoms with van der Waals surface area (Å²) in [6.45, 7) is 2.16. The van der Waals surface area contributed by atoms with Crippen molar-refractivity contribution in [2.24, 2.45) is 10.7 Å². The fourth-order valence-corrected chi connectivity index (χ4v) is 4.23. The Morgan fingerprint density at radius 2 is 2.12 bits per heavy atom. The highest BCUT2D eigenvalue weighted by molar-refractivity contribution is 8.15. The predicted octanol–water partition coefficient (Wildman–Crippen LogP) is 2.74. The van der Waals surface area contributed by atoms with Crippen molar-refractivity contribution in [1.29, 1.82) is 0 Å². The van der Waals surface area contributed by atoms with Gasteiger partial charge in [-0.05, 0) is 31.7 Å². The van der Waals surface area contributed by atoms with Crippen molar-refractivity contribution < 1.29 is 0 Å². The number of thioether (sulfide) groups is 1. The minimum absolute atomic E-state index is 0.384. The second kappa shape index (κ2) is 4.46. The van der Waals surface area contributed by atoms with Gasteiger partial charge in [0.1, 0.15) is 0 Å². The second-order valence-electron chi connectivity index (χ2n) is 5.05. The summed E-state index contributed by atoms with van der Waals surface area (Å²) in [7, 11) is 0. The summed E-state index contributed by atoms with van der Waals surface area (Å²) in [6, 6.07) is 9.41. The largest absolute Gasteiger partial charge is 0.328 e. The van der Waals surface area contributed by atoms with Gasteiger partial charge >= 0.3 is 0 Å². The van der Waals surface area contributed by atoms with E-state index in [0.717, 1.165) is 19.3 Å². The van der Waals surface area contributed by atoms with Gasteiger partial charge in [-0.15, -0.1) is 11.8 Å². The van der Waals surface area contributed by atoms with E-state index in [9.17, 15) is 0 Å². The summed E-state index contributed by atoms with van der Waals surface area (Å²) in [4.78, 5) is 4.90. The highest BCUT2D eigenvalue weighted by Gasteiger charge is 2.35. The molecule has 2 nitrogen and oxygen atoms in total. The molecular formula is C14H18N2S. The molecule has 0 spiro atoms. The summed E-state index contributed by atoms with van der Waals surface area (Å²) in [5.74, 6) is 0. The summed E-state index contributed by atoms with van der Waals surface area (Å²) in [5.41, 5.74) is 8.67. The monoisotopic (exact) mass is 246 g/mol. The Morgan fingerprint density at radius 3 is 2.94 bits per heavy atom. The molecule has 1 aromatic carbocycles. The Kier molecular flexibility index (Phi) is 2.97. The third kappa shape index (κ3) is 2.14. The molecule has 2 aliphatic rings. The number of aliphatic imine (C=N–C) groups is 1. The van der Waals surface area contributed by atoms with Crippen molar-refractivity contribution in [2.45, 2.75) is 43.5 Å². The Labute approximate surface area is 107 Å². The predicted molar refractivity (Wildman–Crippen MR) is 74.7 cm³/mol. The number of aryl methyl sites for hydroxylation is 1. The van der Waals surface area contributed by atoms with Crippen LogP contribution >= 0.6 is 11.8 Å². The molecule has 0 saturated heterocycles. The average Bonchev–Trinajstić information content (AvgIpc) is 2.72. The quantitative estimate of drug-likeness (QED) is 0.827. The normalized spacial score (nSPS) is 32.1. The van der Waals surface area contributed by atoms with E-state index in [0.29, 0.717) is 17.3 Å². The van der Waals surface area contributed by atoms with Crippen LogP contribution in [0.1, 0.15) is 30.4 Å². The Balaban J connectivity index is 1.85. The molecule has 3 heteroatoms. The van der Waals surface area contributed by atoms with Gasteiger partial charge in [0.15, 0.2) is 0 Å². The van der Waals surface area contributed by atoms with E-state index in [2.05, 4.69) is 31.2 Å².